The van der Waals surface area contributed by atoms with Crippen LogP contribution in [0.2, 0.25) is 0 Å². The minimum absolute atomic E-state index is 0.00625. The lowest BCUT2D eigenvalue weighted by molar-refractivity contribution is 0.0930. The van der Waals surface area contributed by atoms with E-state index in [1.54, 1.807) is 6.07 Å². The topological polar surface area (TPSA) is 84.5 Å². The Morgan fingerprint density at radius 3 is 2.40 bits per heavy atom. The molecule has 7 heteroatoms. The number of nitrogens with one attached hydrogen (secondary N) is 2. The average Bonchev–Trinajstić information content (AvgIpc) is 3.06. The standard InChI is InChI=1S/C18H28N2O4S/c1-12(2)13(3)19-18(21)14-9-10-16(24-4)17(11-14)25(22,23)20-15-7-5-6-8-15/h9-13,15,20H,5-8H2,1-4H3,(H,19,21). The molecule has 0 radical (unpaired) electrons. The first-order chi connectivity index (χ1) is 11.7. The normalized spacial score (nSPS) is 16.8. The number of ether oxygens (including phenoxy) is 1. The maximum Gasteiger partial charge on any atom is 0.251 e. The van der Waals surface area contributed by atoms with Crippen LogP contribution >= 0.6 is 0 Å². The third kappa shape index (κ3) is 4.95. The molecule has 0 aliphatic heterocycles. The molecule has 0 aromatic heterocycles. The van der Waals surface area contributed by atoms with E-state index in [9.17, 15) is 13.2 Å². The fraction of sp³-hybridized carbons (Fsp3) is 0.611. The van der Waals surface area contributed by atoms with Crippen molar-refractivity contribution in [1.82, 2.24) is 10.0 Å². The monoisotopic (exact) mass is 368 g/mol. The van der Waals surface area contributed by atoms with Gasteiger partial charge in [0.15, 0.2) is 0 Å². The molecular weight excluding hydrogens is 340 g/mol. The van der Waals surface area contributed by atoms with Crippen LogP contribution in [0.1, 0.15) is 56.8 Å². The molecule has 1 aromatic carbocycles. The highest BCUT2D eigenvalue weighted by atomic mass is 32.2. The Kier molecular flexibility index (Phi) is 6.46. The number of amides is 1. The van der Waals surface area contributed by atoms with E-state index in [2.05, 4.69) is 10.0 Å². The van der Waals surface area contributed by atoms with Gasteiger partial charge in [-0.2, -0.15) is 0 Å². The van der Waals surface area contributed by atoms with Crippen LogP contribution < -0.4 is 14.8 Å². The lowest BCUT2D eigenvalue weighted by Gasteiger charge is -2.19. The van der Waals surface area contributed by atoms with Crippen LogP contribution in [0.4, 0.5) is 0 Å². The molecule has 1 atom stereocenters. The number of rotatable bonds is 7. The molecule has 1 amide bonds. The van der Waals surface area contributed by atoms with Crippen LogP contribution in [0.3, 0.4) is 0 Å². The van der Waals surface area contributed by atoms with E-state index >= 15 is 0 Å². The zero-order valence-corrected chi connectivity index (χ0v) is 16.2. The summed E-state index contributed by atoms with van der Waals surface area (Å²) >= 11 is 0. The van der Waals surface area contributed by atoms with E-state index in [4.69, 9.17) is 4.74 Å². The number of hydrogen-bond acceptors (Lipinski definition) is 4. The van der Waals surface area contributed by atoms with Gasteiger partial charge in [0.25, 0.3) is 5.91 Å². The molecule has 1 aliphatic rings. The van der Waals surface area contributed by atoms with Gasteiger partial charge < -0.3 is 10.1 Å². The van der Waals surface area contributed by atoms with Crippen LogP contribution in [-0.4, -0.2) is 33.5 Å². The highest BCUT2D eigenvalue weighted by molar-refractivity contribution is 7.89. The quantitative estimate of drug-likeness (QED) is 0.775. The summed E-state index contributed by atoms with van der Waals surface area (Å²) in [7, 11) is -2.32. The molecule has 0 saturated heterocycles. The Hall–Kier alpha value is -1.60. The molecule has 6 nitrogen and oxygen atoms in total. The number of hydrogen-bond donors (Lipinski definition) is 2. The molecule has 0 heterocycles. The van der Waals surface area contributed by atoms with Gasteiger partial charge >= 0.3 is 0 Å². The molecule has 25 heavy (non-hydrogen) atoms. The van der Waals surface area contributed by atoms with Crippen LogP contribution in [-0.2, 0) is 10.0 Å². The molecular formula is C18H28N2O4S. The minimum atomic E-state index is -3.74. The van der Waals surface area contributed by atoms with E-state index in [0.29, 0.717) is 5.56 Å². The number of benzene rings is 1. The summed E-state index contributed by atoms with van der Waals surface area (Å²) in [6, 6.07) is 4.44. The summed E-state index contributed by atoms with van der Waals surface area (Å²) < 4.78 is 33.4. The van der Waals surface area contributed by atoms with Gasteiger partial charge in [0.1, 0.15) is 10.6 Å². The Bertz CT molecular complexity index is 710. The zero-order valence-electron chi connectivity index (χ0n) is 15.3. The van der Waals surface area contributed by atoms with Crippen LogP contribution in [0.5, 0.6) is 5.75 Å². The van der Waals surface area contributed by atoms with Gasteiger partial charge in [0.2, 0.25) is 10.0 Å². The second-order valence-corrected chi connectivity index (χ2v) is 8.66. The van der Waals surface area contributed by atoms with Gasteiger partial charge in [-0.1, -0.05) is 26.7 Å². The van der Waals surface area contributed by atoms with Gasteiger partial charge in [-0.25, -0.2) is 13.1 Å². The molecule has 1 saturated carbocycles. The lowest BCUT2D eigenvalue weighted by Crippen LogP contribution is -2.36. The number of sulfonamides is 1. The van der Waals surface area contributed by atoms with Crippen molar-refractivity contribution in [2.75, 3.05) is 7.11 Å². The Morgan fingerprint density at radius 2 is 1.84 bits per heavy atom. The molecule has 1 unspecified atom stereocenters. The second kappa shape index (κ2) is 8.19. The summed E-state index contributed by atoms with van der Waals surface area (Å²) in [5.74, 6) is 0.231. The van der Waals surface area contributed by atoms with Crippen LogP contribution in [0, 0.1) is 5.92 Å². The van der Waals surface area contributed by atoms with Crippen molar-refractivity contribution in [3.05, 3.63) is 23.8 Å². The summed E-state index contributed by atoms with van der Waals surface area (Å²) in [6.07, 6.45) is 3.74. The van der Waals surface area contributed by atoms with Crippen molar-refractivity contribution >= 4 is 15.9 Å². The van der Waals surface area contributed by atoms with Gasteiger partial charge in [-0.05, 0) is 43.9 Å². The molecule has 0 spiro atoms. The summed E-state index contributed by atoms with van der Waals surface area (Å²) in [5, 5.41) is 2.89. The molecule has 1 aliphatic carbocycles. The van der Waals surface area contributed by atoms with Crippen molar-refractivity contribution < 1.29 is 17.9 Å². The summed E-state index contributed by atoms with van der Waals surface area (Å²) in [4.78, 5) is 12.4. The summed E-state index contributed by atoms with van der Waals surface area (Å²) in [6.45, 7) is 5.95. The fourth-order valence-corrected chi connectivity index (χ4v) is 4.31. The first-order valence-electron chi connectivity index (χ1n) is 8.76. The largest absolute Gasteiger partial charge is 0.495 e. The van der Waals surface area contributed by atoms with E-state index in [1.807, 2.05) is 20.8 Å². The van der Waals surface area contributed by atoms with Gasteiger partial charge in [0, 0.05) is 17.6 Å². The summed E-state index contributed by atoms with van der Waals surface area (Å²) in [5.41, 5.74) is 0.306. The number of carbonyl (C=O) groups is 1. The Labute approximate surface area is 150 Å². The lowest BCUT2D eigenvalue weighted by atomic mass is 10.1. The molecule has 2 N–H and O–H groups in total. The highest BCUT2D eigenvalue weighted by Gasteiger charge is 2.26. The second-order valence-electron chi connectivity index (χ2n) is 6.97. The average molecular weight is 368 g/mol. The number of carbonyl (C=O) groups excluding carboxylic acids is 1. The van der Waals surface area contributed by atoms with E-state index in [1.165, 1.54) is 19.2 Å². The first kappa shape index (κ1) is 19.7. The molecule has 1 fully saturated rings. The minimum Gasteiger partial charge on any atom is -0.495 e. The predicted molar refractivity (Wildman–Crippen MR) is 97.3 cm³/mol. The SMILES string of the molecule is COc1ccc(C(=O)NC(C)C(C)C)cc1S(=O)(=O)NC1CCCC1. The first-order valence-corrected chi connectivity index (χ1v) is 10.2. The van der Waals surface area contributed by atoms with Crippen molar-refractivity contribution in [3.8, 4) is 5.75 Å². The van der Waals surface area contributed by atoms with Gasteiger partial charge in [0.05, 0.1) is 7.11 Å². The van der Waals surface area contributed by atoms with E-state index < -0.39 is 10.0 Å². The van der Waals surface area contributed by atoms with E-state index in [0.717, 1.165) is 25.7 Å². The van der Waals surface area contributed by atoms with Gasteiger partial charge in [-0.3, -0.25) is 4.79 Å². The smallest absolute Gasteiger partial charge is 0.251 e. The van der Waals surface area contributed by atoms with E-state index in [-0.39, 0.29) is 34.6 Å². The van der Waals surface area contributed by atoms with Crippen LogP contribution in [0.15, 0.2) is 23.1 Å². The predicted octanol–water partition coefficient (Wildman–Crippen LogP) is 2.69. The molecule has 2 rings (SSSR count). The molecule has 140 valence electrons. The van der Waals surface area contributed by atoms with Gasteiger partial charge in [-0.15, -0.1) is 0 Å². The van der Waals surface area contributed by atoms with Crippen molar-refractivity contribution in [3.63, 3.8) is 0 Å². The molecule has 1 aromatic rings. The maximum absolute atomic E-state index is 12.8. The third-order valence-corrected chi connectivity index (χ3v) is 6.29. The van der Waals surface area contributed by atoms with Crippen molar-refractivity contribution in [1.29, 1.82) is 0 Å². The highest BCUT2D eigenvalue weighted by Crippen LogP contribution is 2.27. The fourth-order valence-electron chi connectivity index (χ4n) is 2.81. The van der Waals surface area contributed by atoms with Crippen molar-refractivity contribution in [2.45, 2.75) is 63.4 Å². The molecule has 0 bridgehead atoms. The maximum atomic E-state index is 12.8. The van der Waals surface area contributed by atoms with Crippen LogP contribution in [0.25, 0.3) is 0 Å². The zero-order chi connectivity index (χ0) is 18.6. The Morgan fingerprint density at radius 1 is 1.20 bits per heavy atom. The Balaban J connectivity index is 2.28. The number of methoxy groups -OCH3 is 1. The van der Waals surface area contributed by atoms with Crippen molar-refractivity contribution in [2.24, 2.45) is 5.92 Å². The third-order valence-electron chi connectivity index (χ3n) is 4.75.